The highest BCUT2D eigenvalue weighted by Crippen LogP contribution is 2.32. The Morgan fingerprint density at radius 2 is 1.77 bits per heavy atom. The zero-order chi connectivity index (χ0) is 27.7. The third-order valence-corrected chi connectivity index (χ3v) is 8.08. The number of ether oxygens (including phenoxy) is 2. The Morgan fingerprint density at radius 1 is 1.02 bits per heavy atom. The van der Waals surface area contributed by atoms with E-state index in [9.17, 15) is 4.79 Å². The molecule has 2 amide bonds. The molecule has 9 heteroatoms. The summed E-state index contributed by atoms with van der Waals surface area (Å²) in [6, 6.07) is 14.2. The Hall–Kier alpha value is -3.43. The Balaban J connectivity index is 1.13. The van der Waals surface area contributed by atoms with Crippen LogP contribution in [0.25, 0.3) is 10.9 Å². The number of carbonyl (C=O) groups excluding carboxylic acids is 1. The number of piperidine rings is 1. The largest absolute Gasteiger partial charge is 0.493 e. The van der Waals surface area contributed by atoms with Crippen molar-refractivity contribution in [3.63, 3.8) is 0 Å². The molecule has 0 aliphatic carbocycles. The average molecular weight is 547 g/mol. The standard InChI is InChI=1S/C31H42N6O3/c1-3-35(4-2)14-5-19-40-27-10-11-28-29(22-27)32-23-33-30(28)24-12-15-37(16-13-24)31(38)34-25-6-8-26(9-7-25)36-17-20-39-21-18-36/h6-11,22-24H,3-5,12-21H2,1-2H3,(H,34,38). The first-order valence-electron chi connectivity index (χ1n) is 14.7. The van der Waals surface area contributed by atoms with Gasteiger partial charge in [-0.2, -0.15) is 0 Å². The summed E-state index contributed by atoms with van der Waals surface area (Å²) in [6.45, 7) is 13.0. The summed E-state index contributed by atoms with van der Waals surface area (Å²) in [4.78, 5) is 28.8. The molecule has 9 nitrogen and oxygen atoms in total. The predicted octanol–water partition coefficient (Wildman–Crippen LogP) is 4.99. The summed E-state index contributed by atoms with van der Waals surface area (Å²) in [5.74, 6) is 1.14. The Morgan fingerprint density at radius 3 is 2.50 bits per heavy atom. The van der Waals surface area contributed by atoms with Gasteiger partial charge in [0.1, 0.15) is 12.1 Å². The molecule has 40 heavy (non-hydrogen) atoms. The van der Waals surface area contributed by atoms with E-state index in [1.54, 1.807) is 6.33 Å². The zero-order valence-electron chi connectivity index (χ0n) is 23.8. The van der Waals surface area contributed by atoms with Gasteiger partial charge in [0.2, 0.25) is 0 Å². The minimum atomic E-state index is -0.0482. The number of fused-ring (bicyclic) bond motifs is 1. The number of amides is 2. The summed E-state index contributed by atoms with van der Waals surface area (Å²) >= 11 is 0. The molecule has 0 saturated carbocycles. The van der Waals surface area contributed by atoms with Gasteiger partial charge in [-0.05, 0) is 68.8 Å². The molecule has 2 aliphatic heterocycles. The number of benzene rings is 2. The van der Waals surface area contributed by atoms with Gasteiger partial charge in [-0.15, -0.1) is 0 Å². The van der Waals surface area contributed by atoms with Crippen LogP contribution in [0.4, 0.5) is 16.2 Å². The maximum absolute atomic E-state index is 13.0. The first kappa shape index (κ1) is 28.1. The van der Waals surface area contributed by atoms with Crippen LogP contribution in [0.1, 0.15) is 44.7 Å². The number of likely N-dealkylation sites (tertiary alicyclic amines) is 1. The summed E-state index contributed by atoms with van der Waals surface area (Å²) in [5.41, 5.74) is 3.95. The maximum Gasteiger partial charge on any atom is 0.321 e. The van der Waals surface area contributed by atoms with Crippen LogP contribution in [0.15, 0.2) is 48.8 Å². The van der Waals surface area contributed by atoms with Crippen molar-refractivity contribution >= 4 is 28.3 Å². The lowest BCUT2D eigenvalue weighted by atomic mass is 9.91. The van der Waals surface area contributed by atoms with E-state index in [0.717, 1.165) is 98.9 Å². The highest BCUT2D eigenvalue weighted by molar-refractivity contribution is 5.89. The second kappa shape index (κ2) is 13.8. The molecule has 0 radical (unpaired) electrons. The molecule has 5 rings (SSSR count). The molecular formula is C31H42N6O3. The lowest BCUT2D eigenvalue weighted by molar-refractivity contribution is 0.122. The van der Waals surface area contributed by atoms with Gasteiger partial charge in [-0.1, -0.05) is 13.8 Å². The van der Waals surface area contributed by atoms with E-state index >= 15 is 0 Å². The predicted molar refractivity (Wildman–Crippen MR) is 159 cm³/mol. The van der Waals surface area contributed by atoms with Crippen LogP contribution in [0, 0.1) is 0 Å². The molecule has 0 atom stereocenters. The number of anilines is 2. The second-order valence-electron chi connectivity index (χ2n) is 10.5. The highest BCUT2D eigenvalue weighted by Gasteiger charge is 2.26. The lowest BCUT2D eigenvalue weighted by Crippen LogP contribution is -2.40. The zero-order valence-corrected chi connectivity index (χ0v) is 23.8. The summed E-state index contributed by atoms with van der Waals surface area (Å²) < 4.78 is 11.5. The fourth-order valence-corrected chi connectivity index (χ4v) is 5.63. The quantitative estimate of drug-likeness (QED) is 0.359. The molecule has 0 spiro atoms. The van der Waals surface area contributed by atoms with E-state index < -0.39 is 0 Å². The first-order chi connectivity index (χ1) is 19.6. The minimum Gasteiger partial charge on any atom is -0.493 e. The van der Waals surface area contributed by atoms with Gasteiger partial charge in [0.05, 0.1) is 31.0 Å². The number of aromatic nitrogens is 2. The van der Waals surface area contributed by atoms with Crippen LogP contribution < -0.4 is 15.0 Å². The highest BCUT2D eigenvalue weighted by atomic mass is 16.5. The Bertz CT molecular complexity index is 1240. The van der Waals surface area contributed by atoms with Crippen molar-refractivity contribution in [3.8, 4) is 5.75 Å². The van der Waals surface area contributed by atoms with E-state index in [2.05, 4.69) is 57.1 Å². The number of nitrogens with zero attached hydrogens (tertiary/aromatic N) is 5. The Kier molecular flexibility index (Phi) is 9.67. The third kappa shape index (κ3) is 7.01. The molecule has 1 aromatic heterocycles. The van der Waals surface area contributed by atoms with Crippen molar-refractivity contribution < 1.29 is 14.3 Å². The normalized spacial score (nSPS) is 16.5. The fraction of sp³-hybridized carbons (Fsp3) is 0.516. The van der Waals surface area contributed by atoms with Gasteiger partial charge in [-0.3, -0.25) is 0 Å². The molecule has 3 aromatic rings. The van der Waals surface area contributed by atoms with Gasteiger partial charge < -0.3 is 29.5 Å². The fourth-order valence-electron chi connectivity index (χ4n) is 5.63. The number of hydrogen-bond donors (Lipinski definition) is 1. The Labute approximate surface area is 237 Å². The third-order valence-electron chi connectivity index (χ3n) is 8.08. The minimum absolute atomic E-state index is 0.0482. The SMILES string of the molecule is CCN(CC)CCCOc1ccc2c(C3CCN(C(=O)Nc4ccc(N5CCOCC5)cc4)CC3)ncnc2c1. The van der Waals surface area contributed by atoms with Crippen molar-refractivity contribution in [1.82, 2.24) is 19.8 Å². The van der Waals surface area contributed by atoms with Crippen LogP contribution in [-0.4, -0.2) is 91.4 Å². The van der Waals surface area contributed by atoms with Crippen LogP contribution >= 0.6 is 0 Å². The molecule has 2 aliphatic rings. The maximum atomic E-state index is 13.0. The number of hydrogen-bond acceptors (Lipinski definition) is 7. The summed E-state index contributed by atoms with van der Waals surface area (Å²) in [5, 5.41) is 4.14. The van der Waals surface area contributed by atoms with E-state index in [4.69, 9.17) is 9.47 Å². The van der Waals surface area contributed by atoms with Gasteiger partial charge in [0.15, 0.2) is 0 Å². The van der Waals surface area contributed by atoms with Crippen molar-refractivity contribution in [2.24, 2.45) is 0 Å². The number of urea groups is 1. The molecule has 2 saturated heterocycles. The van der Waals surface area contributed by atoms with Gasteiger partial charge in [-0.25, -0.2) is 14.8 Å². The van der Waals surface area contributed by atoms with E-state index in [0.29, 0.717) is 25.6 Å². The number of morpholine rings is 1. The number of nitrogens with one attached hydrogen (secondary N) is 1. The summed E-state index contributed by atoms with van der Waals surface area (Å²) in [7, 11) is 0. The molecule has 0 unspecified atom stereocenters. The number of rotatable bonds is 10. The second-order valence-corrected chi connectivity index (χ2v) is 10.5. The van der Waals surface area contributed by atoms with Crippen LogP contribution in [-0.2, 0) is 4.74 Å². The van der Waals surface area contributed by atoms with Crippen molar-refractivity contribution in [1.29, 1.82) is 0 Å². The van der Waals surface area contributed by atoms with Crippen molar-refractivity contribution in [3.05, 3.63) is 54.5 Å². The van der Waals surface area contributed by atoms with Gasteiger partial charge in [0.25, 0.3) is 0 Å². The topological polar surface area (TPSA) is 83.1 Å². The van der Waals surface area contributed by atoms with E-state index in [1.165, 1.54) is 0 Å². The molecular weight excluding hydrogens is 504 g/mol. The van der Waals surface area contributed by atoms with E-state index in [-0.39, 0.29) is 6.03 Å². The molecule has 2 aromatic carbocycles. The molecule has 1 N–H and O–H groups in total. The molecule has 2 fully saturated rings. The van der Waals surface area contributed by atoms with Crippen LogP contribution in [0.5, 0.6) is 5.75 Å². The average Bonchev–Trinajstić information content (AvgIpc) is 3.01. The molecule has 3 heterocycles. The van der Waals surface area contributed by atoms with Crippen LogP contribution in [0.2, 0.25) is 0 Å². The van der Waals surface area contributed by atoms with Gasteiger partial charge in [0, 0.05) is 61.5 Å². The van der Waals surface area contributed by atoms with Crippen LogP contribution in [0.3, 0.4) is 0 Å². The summed E-state index contributed by atoms with van der Waals surface area (Å²) in [6.07, 6.45) is 4.40. The monoisotopic (exact) mass is 546 g/mol. The molecule has 0 bridgehead atoms. The molecule has 214 valence electrons. The van der Waals surface area contributed by atoms with Crippen molar-refractivity contribution in [2.75, 3.05) is 75.9 Å². The smallest absolute Gasteiger partial charge is 0.321 e. The first-order valence-corrected chi connectivity index (χ1v) is 14.7. The van der Waals surface area contributed by atoms with Gasteiger partial charge >= 0.3 is 6.03 Å². The van der Waals surface area contributed by atoms with E-state index in [1.807, 2.05) is 29.2 Å². The number of carbonyl (C=O) groups is 1. The van der Waals surface area contributed by atoms with Crippen molar-refractivity contribution in [2.45, 2.75) is 39.0 Å². The lowest BCUT2D eigenvalue weighted by Gasteiger charge is -2.32.